The van der Waals surface area contributed by atoms with Crippen LogP contribution in [0.3, 0.4) is 0 Å². The lowest BCUT2D eigenvalue weighted by molar-refractivity contribution is 0.233. The minimum absolute atomic E-state index is 0.0587. The second kappa shape index (κ2) is 7.31. The molecule has 1 nitrogen and oxygen atoms in total. The standard InChI is InChI=1S/C15H23Cl2NS/c1-2-3-4-10-5-7-11(8-6-10)14(18)12-9-13(16)19-15(12)17/h9-11,14H,2-8,18H2,1H3. The van der Waals surface area contributed by atoms with E-state index in [2.05, 4.69) is 6.92 Å². The van der Waals surface area contributed by atoms with Crippen LogP contribution in [0.15, 0.2) is 6.07 Å². The fourth-order valence-corrected chi connectivity index (χ4v) is 4.73. The van der Waals surface area contributed by atoms with Gasteiger partial charge in [-0.15, -0.1) is 11.3 Å². The summed E-state index contributed by atoms with van der Waals surface area (Å²) in [5.41, 5.74) is 7.44. The minimum Gasteiger partial charge on any atom is -0.324 e. The van der Waals surface area contributed by atoms with Gasteiger partial charge in [0.1, 0.15) is 0 Å². The largest absolute Gasteiger partial charge is 0.324 e. The molecule has 1 saturated carbocycles. The van der Waals surface area contributed by atoms with Gasteiger partial charge in [0.2, 0.25) is 0 Å². The van der Waals surface area contributed by atoms with Crippen molar-refractivity contribution in [3.63, 3.8) is 0 Å². The van der Waals surface area contributed by atoms with E-state index in [1.54, 1.807) is 0 Å². The van der Waals surface area contributed by atoms with E-state index in [1.807, 2.05) is 6.07 Å². The van der Waals surface area contributed by atoms with E-state index >= 15 is 0 Å². The summed E-state index contributed by atoms with van der Waals surface area (Å²) in [7, 11) is 0. The summed E-state index contributed by atoms with van der Waals surface area (Å²) in [6.45, 7) is 2.27. The number of hydrogen-bond acceptors (Lipinski definition) is 2. The van der Waals surface area contributed by atoms with Crippen molar-refractivity contribution >= 4 is 34.5 Å². The number of thiophene rings is 1. The predicted octanol–water partition coefficient (Wildman–Crippen LogP) is 6.05. The van der Waals surface area contributed by atoms with E-state index < -0.39 is 0 Å². The maximum Gasteiger partial charge on any atom is 0.0991 e. The van der Waals surface area contributed by atoms with Crippen molar-refractivity contribution in [2.75, 3.05) is 0 Å². The summed E-state index contributed by atoms with van der Waals surface area (Å²) >= 11 is 13.6. The second-order valence-electron chi connectivity index (χ2n) is 5.73. The van der Waals surface area contributed by atoms with Gasteiger partial charge >= 0.3 is 0 Å². The van der Waals surface area contributed by atoms with Gasteiger partial charge in [-0.05, 0) is 30.7 Å². The van der Waals surface area contributed by atoms with Gasteiger partial charge in [-0.3, -0.25) is 0 Å². The molecule has 0 spiro atoms. The molecule has 1 atom stereocenters. The first-order valence-corrected chi connectivity index (χ1v) is 8.89. The van der Waals surface area contributed by atoms with Crippen LogP contribution in [0.1, 0.15) is 63.5 Å². The predicted molar refractivity (Wildman–Crippen MR) is 86.2 cm³/mol. The van der Waals surface area contributed by atoms with Crippen molar-refractivity contribution in [3.05, 3.63) is 20.3 Å². The van der Waals surface area contributed by atoms with Crippen LogP contribution < -0.4 is 5.73 Å². The van der Waals surface area contributed by atoms with Gasteiger partial charge < -0.3 is 5.73 Å². The zero-order chi connectivity index (χ0) is 13.8. The molecule has 4 heteroatoms. The average molecular weight is 320 g/mol. The molecule has 1 aliphatic rings. The van der Waals surface area contributed by atoms with Crippen LogP contribution in [-0.4, -0.2) is 0 Å². The molecule has 0 aromatic carbocycles. The van der Waals surface area contributed by atoms with Gasteiger partial charge in [-0.1, -0.05) is 62.2 Å². The van der Waals surface area contributed by atoms with E-state index in [0.717, 1.165) is 20.2 Å². The Hall–Kier alpha value is 0.240. The van der Waals surface area contributed by atoms with Gasteiger partial charge in [0, 0.05) is 11.6 Å². The maximum atomic E-state index is 6.39. The van der Waals surface area contributed by atoms with Gasteiger partial charge in [-0.25, -0.2) is 0 Å². The van der Waals surface area contributed by atoms with Crippen LogP contribution in [0.4, 0.5) is 0 Å². The Morgan fingerprint density at radius 1 is 1.32 bits per heavy atom. The molecule has 1 aromatic rings. The summed E-state index contributed by atoms with van der Waals surface area (Å²) in [6.07, 6.45) is 9.19. The zero-order valence-electron chi connectivity index (χ0n) is 11.5. The molecule has 19 heavy (non-hydrogen) atoms. The van der Waals surface area contributed by atoms with Crippen molar-refractivity contribution in [3.8, 4) is 0 Å². The highest BCUT2D eigenvalue weighted by Gasteiger charge is 2.28. The van der Waals surface area contributed by atoms with Crippen LogP contribution in [0.5, 0.6) is 0 Å². The molecular formula is C15H23Cl2NS. The molecular weight excluding hydrogens is 297 g/mol. The first-order chi connectivity index (χ1) is 9.11. The number of halogens is 2. The fourth-order valence-electron chi connectivity index (χ4n) is 3.16. The van der Waals surface area contributed by atoms with Gasteiger partial charge in [0.15, 0.2) is 0 Å². The lowest BCUT2D eigenvalue weighted by atomic mass is 9.76. The topological polar surface area (TPSA) is 26.0 Å². The highest BCUT2D eigenvalue weighted by atomic mass is 35.5. The van der Waals surface area contributed by atoms with Crippen molar-refractivity contribution in [1.29, 1.82) is 0 Å². The number of nitrogens with two attached hydrogens (primary N) is 1. The monoisotopic (exact) mass is 319 g/mol. The Morgan fingerprint density at radius 2 is 2.00 bits per heavy atom. The number of rotatable bonds is 5. The summed E-state index contributed by atoms with van der Waals surface area (Å²) in [4.78, 5) is 0. The van der Waals surface area contributed by atoms with E-state index in [-0.39, 0.29) is 6.04 Å². The van der Waals surface area contributed by atoms with E-state index in [4.69, 9.17) is 28.9 Å². The fraction of sp³-hybridized carbons (Fsp3) is 0.733. The molecule has 0 aliphatic heterocycles. The molecule has 0 amide bonds. The van der Waals surface area contributed by atoms with Crippen molar-refractivity contribution in [2.24, 2.45) is 17.6 Å². The third-order valence-electron chi connectivity index (χ3n) is 4.41. The van der Waals surface area contributed by atoms with E-state index in [0.29, 0.717) is 5.92 Å². The van der Waals surface area contributed by atoms with Crippen molar-refractivity contribution in [2.45, 2.75) is 57.9 Å². The molecule has 1 aromatic heterocycles. The van der Waals surface area contributed by atoms with Crippen molar-refractivity contribution in [1.82, 2.24) is 0 Å². The third-order valence-corrected chi connectivity index (χ3v) is 5.93. The van der Waals surface area contributed by atoms with Crippen LogP contribution in [0.2, 0.25) is 8.67 Å². The van der Waals surface area contributed by atoms with Crippen LogP contribution in [0.25, 0.3) is 0 Å². The Morgan fingerprint density at radius 3 is 2.53 bits per heavy atom. The average Bonchev–Trinajstić information content (AvgIpc) is 2.75. The first-order valence-electron chi connectivity index (χ1n) is 7.32. The molecule has 0 saturated heterocycles. The smallest absolute Gasteiger partial charge is 0.0991 e. The minimum atomic E-state index is 0.0587. The zero-order valence-corrected chi connectivity index (χ0v) is 13.8. The molecule has 2 N–H and O–H groups in total. The Bertz CT molecular complexity index is 397. The summed E-state index contributed by atoms with van der Waals surface area (Å²) < 4.78 is 1.51. The molecule has 1 fully saturated rings. The van der Waals surface area contributed by atoms with Gasteiger partial charge in [-0.2, -0.15) is 0 Å². The van der Waals surface area contributed by atoms with E-state index in [9.17, 15) is 0 Å². The Kier molecular flexibility index (Phi) is 6.01. The summed E-state index contributed by atoms with van der Waals surface area (Å²) in [5.74, 6) is 1.49. The lowest BCUT2D eigenvalue weighted by Crippen LogP contribution is -2.26. The summed E-state index contributed by atoms with van der Waals surface area (Å²) in [5, 5.41) is 0. The SMILES string of the molecule is CCCCC1CCC(C(N)c2cc(Cl)sc2Cl)CC1. The molecule has 1 heterocycles. The van der Waals surface area contributed by atoms with E-state index in [1.165, 1.54) is 56.3 Å². The molecule has 0 radical (unpaired) electrons. The second-order valence-corrected chi connectivity index (χ2v) is 8.01. The van der Waals surface area contributed by atoms with Crippen LogP contribution >= 0.6 is 34.5 Å². The third kappa shape index (κ3) is 4.10. The molecule has 1 unspecified atom stereocenters. The Labute approximate surface area is 130 Å². The molecule has 2 rings (SSSR count). The van der Waals surface area contributed by atoms with Gasteiger partial charge in [0.25, 0.3) is 0 Å². The van der Waals surface area contributed by atoms with Crippen LogP contribution in [-0.2, 0) is 0 Å². The van der Waals surface area contributed by atoms with Crippen molar-refractivity contribution < 1.29 is 0 Å². The first kappa shape index (κ1) is 15.6. The van der Waals surface area contributed by atoms with Crippen LogP contribution in [0, 0.1) is 11.8 Å². The molecule has 0 bridgehead atoms. The van der Waals surface area contributed by atoms with Gasteiger partial charge in [0.05, 0.1) is 8.67 Å². The molecule has 1 aliphatic carbocycles. The Balaban J connectivity index is 1.89. The normalized spacial score (nSPS) is 25.5. The molecule has 108 valence electrons. The number of unbranched alkanes of at least 4 members (excludes halogenated alkanes) is 1. The summed E-state index contributed by atoms with van der Waals surface area (Å²) in [6, 6.07) is 2.01. The lowest BCUT2D eigenvalue weighted by Gasteiger charge is -2.32. The highest BCUT2D eigenvalue weighted by molar-refractivity contribution is 7.20. The quantitative estimate of drug-likeness (QED) is 0.702. The highest BCUT2D eigenvalue weighted by Crippen LogP contribution is 2.42. The number of hydrogen-bond donors (Lipinski definition) is 1. The maximum absolute atomic E-state index is 6.39.